The molecule has 1 aromatic heterocycles. The van der Waals surface area contributed by atoms with Crippen molar-refractivity contribution in [3.8, 4) is 0 Å². The lowest BCUT2D eigenvalue weighted by molar-refractivity contribution is -0.119. The van der Waals surface area contributed by atoms with Gasteiger partial charge in [-0.3, -0.25) is 9.69 Å². The van der Waals surface area contributed by atoms with Crippen molar-refractivity contribution in [1.82, 2.24) is 9.88 Å². The number of anilines is 1. The number of hydrogen-bond acceptors (Lipinski definition) is 4. The molecule has 0 aliphatic carbocycles. The number of hydrogen-bond donors (Lipinski definition) is 2. The molecule has 2 amide bonds. The minimum absolute atomic E-state index is 0.281. The van der Waals surface area contributed by atoms with Gasteiger partial charge in [-0.2, -0.15) is 0 Å². The molecule has 19 heavy (non-hydrogen) atoms. The molecule has 0 spiro atoms. The molecule has 0 aromatic carbocycles. The zero-order valence-corrected chi connectivity index (χ0v) is 11.8. The Bertz CT molecular complexity index is 500. The van der Waals surface area contributed by atoms with Crippen LogP contribution in [0, 0.1) is 6.92 Å². The van der Waals surface area contributed by atoms with Gasteiger partial charge in [0.05, 0.1) is 5.69 Å². The molecule has 1 aromatic rings. The lowest BCUT2D eigenvalue weighted by atomic mass is 10.2. The van der Waals surface area contributed by atoms with E-state index in [2.05, 4.69) is 10.3 Å². The molecule has 0 radical (unpaired) electrons. The summed E-state index contributed by atoms with van der Waals surface area (Å²) in [5.41, 5.74) is 0.974. The van der Waals surface area contributed by atoms with Crippen LogP contribution in [-0.2, 0) is 11.2 Å². The van der Waals surface area contributed by atoms with Crippen LogP contribution < -0.4 is 5.32 Å². The normalized spacial score (nSPS) is 18.6. The molecule has 6 nitrogen and oxygen atoms in total. The van der Waals surface area contributed by atoms with Crippen molar-refractivity contribution in [3.63, 3.8) is 0 Å². The van der Waals surface area contributed by atoms with Gasteiger partial charge < -0.3 is 10.4 Å². The Kier molecular flexibility index (Phi) is 4.04. The van der Waals surface area contributed by atoms with Gasteiger partial charge in [0, 0.05) is 11.4 Å². The summed E-state index contributed by atoms with van der Waals surface area (Å²) in [5, 5.41) is 12.3. The summed E-state index contributed by atoms with van der Waals surface area (Å²) in [6.07, 6.45) is 1.08. The maximum Gasteiger partial charge on any atom is 0.407 e. The number of rotatable bonds is 3. The van der Waals surface area contributed by atoms with Crippen LogP contribution in [0.15, 0.2) is 0 Å². The molecule has 1 atom stereocenters. The van der Waals surface area contributed by atoms with Gasteiger partial charge in [0.25, 0.3) is 0 Å². The van der Waals surface area contributed by atoms with Gasteiger partial charge in [0.15, 0.2) is 5.13 Å². The standard InChI is InChI=1S/C12H17N3O3S/c1-3-8-7(2)19-11(13-8)14-10(16)9-5-4-6-15(9)12(17)18/h9H,3-6H2,1-2H3,(H,17,18)(H,13,14,16)/t9-/m1/s1. The van der Waals surface area contributed by atoms with Crippen LogP contribution in [0.1, 0.15) is 30.3 Å². The highest BCUT2D eigenvalue weighted by atomic mass is 32.1. The van der Waals surface area contributed by atoms with E-state index in [0.29, 0.717) is 18.1 Å². The fourth-order valence-electron chi connectivity index (χ4n) is 2.27. The number of carbonyl (C=O) groups excluding carboxylic acids is 1. The van der Waals surface area contributed by atoms with Crippen molar-refractivity contribution >= 4 is 28.5 Å². The molecule has 2 N–H and O–H groups in total. The topological polar surface area (TPSA) is 82.5 Å². The van der Waals surface area contributed by atoms with Crippen molar-refractivity contribution in [3.05, 3.63) is 10.6 Å². The van der Waals surface area contributed by atoms with E-state index in [1.807, 2.05) is 13.8 Å². The Morgan fingerprint density at radius 1 is 1.58 bits per heavy atom. The van der Waals surface area contributed by atoms with Gasteiger partial charge >= 0.3 is 6.09 Å². The van der Waals surface area contributed by atoms with Crippen LogP contribution in [0.25, 0.3) is 0 Å². The highest BCUT2D eigenvalue weighted by Gasteiger charge is 2.34. The first-order chi connectivity index (χ1) is 9.02. The van der Waals surface area contributed by atoms with E-state index in [0.717, 1.165) is 23.4 Å². The SMILES string of the molecule is CCc1nc(NC(=O)[C@H]2CCCN2C(=O)O)sc1C. The smallest absolute Gasteiger partial charge is 0.407 e. The number of carbonyl (C=O) groups is 2. The van der Waals surface area contributed by atoms with Crippen molar-refractivity contribution in [2.24, 2.45) is 0 Å². The summed E-state index contributed by atoms with van der Waals surface area (Å²) in [5.74, 6) is -0.281. The number of thiazole rings is 1. The second kappa shape index (κ2) is 5.56. The number of likely N-dealkylation sites (tertiary alicyclic amines) is 1. The first-order valence-corrected chi connectivity index (χ1v) is 7.11. The second-order valence-electron chi connectivity index (χ2n) is 4.50. The monoisotopic (exact) mass is 283 g/mol. The Morgan fingerprint density at radius 3 is 2.89 bits per heavy atom. The minimum Gasteiger partial charge on any atom is -0.465 e. The Morgan fingerprint density at radius 2 is 2.32 bits per heavy atom. The van der Waals surface area contributed by atoms with Crippen molar-refractivity contribution in [2.75, 3.05) is 11.9 Å². The number of aryl methyl sites for hydroxylation is 2. The highest BCUT2D eigenvalue weighted by Crippen LogP contribution is 2.24. The largest absolute Gasteiger partial charge is 0.465 e. The van der Waals surface area contributed by atoms with Crippen LogP contribution >= 0.6 is 11.3 Å². The summed E-state index contributed by atoms with van der Waals surface area (Å²) >= 11 is 1.43. The maximum absolute atomic E-state index is 12.1. The minimum atomic E-state index is -1.04. The van der Waals surface area contributed by atoms with Crippen molar-refractivity contribution < 1.29 is 14.7 Å². The lowest BCUT2D eigenvalue weighted by Crippen LogP contribution is -2.42. The molecule has 2 rings (SSSR count). The third kappa shape index (κ3) is 2.86. The molecule has 0 saturated carbocycles. The summed E-state index contributed by atoms with van der Waals surface area (Å²) < 4.78 is 0. The summed E-state index contributed by atoms with van der Waals surface area (Å²) in [6, 6.07) is -0.591. The van der Waals surface area contributed by atoms with Crippen LogP contribution in [0.3, 0.4) is 0 Å². The molecule has 0 bridgehead atoms. The van der Waals surface area contributed by atoms with E-state index < -0.39 is 12.1 Å². The Labute approximate surface area is 115 Å². The average molecular weight is 283 g/mol. The van der Waals surface area contributed by atoms with E-state index in [1.165, 1.54) is 16.2 Å². The van der Waals surface area contributed by atoms with E-state index >= 15 is 0 Å². The molecule has 104 valence electrons. The van der Waals surface area contributed by atoms with Gasteiger partial charge in [-0.25, -0.2) is 9.78 Å². The average Bonchev–Trinajstić information content (AvgIpc) is 2.95. The lowest BCUT2D eigenvalue weighted by Gasteiger charge is -2.19. The molecular weight excluding hydrogens is 266 g/mol. The van der Waals surface area contributed by atoms with Gasteiger partial charge in [-0.1, -0.05) is 6.92 Å². The molecule has 2 heterocycles. The number of nitrogens with one attached hydrogen (secondary N) is 1. The third-order valence-corrected chi connectivity index (χ3v) is 4.19. The second-order valence-corrected chi connectivity index (χ2v) is 5.70. The van der Waals surface area contributed by atoms with Gasteiger partial charge in [-0.05, 0) is 26.2 Å². The number of aromatic nitrogens is 1. The van der Waals surface area contributed by atoms with Crippen LogP contribution in [-0.4, -0.2) is 39.6 Å². The zero-order chi connectivity index (χ0) is 14.0. The van der Waals surface area contributed by atoms with E-state index in [-0.39, 0.29) is 5.91 Å². The molecular formula is C12H17N3O3S. The quantitative estimate of drug-likeness (QED) is 0.890. The van der Waals surface area contributed by atoms with Crippen molar-refractivity contribution in [2.45, 2.75) is 39.2 Å². The van der Waals surface area contributed by atoms with Crippen molar-refractivity contribution in [1.29, 1.82) is 0 Å². The Hall–Kier alpha value is -1.63. The summed E-state index contributed by atoms with van der Waals surface area (Å²) in [7, 11) is 0. The summed E-state index contributed by atoms with van der Waals surface area (Å²) in [4.78, 5) is 29.7. The Balaban J connectivity index is 2.06. The predicted molar refractivity (Wildman–Crippen MR) is 72.6 cm³/mol. The van der Waals surface area contributed by atoms with Gasteiger partial charge in [0.1, 0.15) is 6.04 Å². The summed E-state index contributed by atoms with van der Waals surface area (Å²) in [6.45, 7) is 4.40. The number of nitrogens with zero attached hydrogens (tertiary/aromatic N) is 2. The van der Waals surface area contributed by atoms with E-state index in [4.69, 9.17) is 5.11 Å². The van der Waals surface area contributed by atoms with Crippen LogP contribution in [0.5, 0.6) is 0 Å². The molecule has 1 aliphatic heterocycles. The van der Waals surface area contributed by atoms with Crippen LogP contribution in [0.4, 0.5) is 9.93 Å². The molecule has 1 saturated heterocycles. The third-order valence-electron chi connectivity index (χ3n) is 3.26. The molecule has 7 heteroatoms. The number of amides is 2. The van der Waals surface area contributed by atoms with E-state index in [9.17, 15) is 9.59 Å². The molecule has 0 unspecified atom stereocenters. The number of carboxylic acid groups (broad SMARTS) is 1. The highest BCUT2D eigenvalue weighted by molar-refractivity contribution is 7.15. The predicted octanol–water partition coefficient (Wildman–Crippen LogP) is 2.09. The van der Waals surface area contributed by atoms with Gasteiger partial charge in [0.2, 0.25) is 5.91 Å². The fourth-order valence-corrected chi connectivity index (χ4v) is 3.17. The van der Waals surface area contributed by atoms with E-state index in [1.54, 1.807) is 0 Å². The van der Waals surface area contributed by atoms with Gasteiger partial charge in [-0.15, -0.1) is 11.3 Å². The first-order valence-electron chi connectivity index (χ1n) is 6.29. The zero-order valence-electron chi connectivity index (χ0n) is 11.0. The molecule has 1 aliphatic rings. The molecule has 1 fully saturated rings. The van der Waals surface area contributed by atoms with Crippen LogP contribution in [0.2, 0.25) is 0 Å². The first kappa shape index (κ1) is 13.8. The fraction of sp³-hybridized carbons (Fsp3) is 0.583. The maximum atomic E-state index is 12.1.